The molecule has 2 rings (SSSR count). The van der Waals surface area contributed by atoms with Gasteiger partial charge in [0.05, 0.1) is 5.69 Å². The van der Waals surface area contributed by atoms with E-state index in [9.17, 15) is 4.79 Å². The molecule has 1 aliphatic rings. The first-order valence-electron chi connectivity index (χ1n) is 7.80. The molecule has 4 nitrogen and oxygen atoms in total. The SMILES string of the molecule is CCC1CCCCC1Oc1cc(C(=O)N(C)C)ccc1N. The number of carbonyl (C=O) groups excluding carboxylic acids is 1. The second-order valence-electron chi connectivity index (χ2n) is 6.06. The summed E-state index contributed by atoms with van der Waals surface area (Å²) >= 11 is 0. The largest absolute Gasteiger partial charge is 0.488 e. The van der Waals surface area contributed by atoms with Crippen molar-refractivity contribution in [3.8, 4) is 5.75 Å². The van der Waals surface area contributed by atoms with Gasteiger partial charge in [-0.25, -0.2) is 0 Å². The summed E-state index contributed by atoms with van der Waals surface area (Å²) in [6.07, 6.45) is 6.13. The zero-order valence-corrected chi connectivity index (χ0v) is 13.3. The average molecular weight is 290 g/mol. The molecule has 21 heavy (non-hydrogen) atoms. The first-order valence-corrected chi connectivity index (χ1v) is 7.80. The van der Waals surface area contributed by atoms with E-state index in [2.05, 4.69) is 6.92 Å². The minimum absolute atomic E-state index is 0.0319. The molecule has 2 unspecified atom stereocenters. The smallest absolute Gasteiger partial charge is 0.253 e. The topological polar surface area (TPSA) is 55.6 Å². The molecular weight excluding hydrogens is 264 g/mol. The van der Waals surface area contributed by atoms with E-state index in [0.29, 0.717) is 22.9 Å². The number of ether oxygens (including phenoxy) is 1. The Balaban J connectivity index is 2.18. The summed E-state index contributed by atoms with van der Waals surface area (Å²) in [6, 6.07) is 5.29. The van der Waals surface area contributed by atoms with Crippen molar-refractivity contribution in [2.45, 2.75) is 45.1 Å². The minimum Gasteiger partial charge on any atom is -0.488 e. The molecule has 1 saturated carbocycles. The van der Waals surface area contributed by atoms with Crippen LogP contribution in [0.4, 0.5) is 5.69 Å². The van der Waals surface area contributed by atoms with E-state index in [1.807, 2.05) is 0 Å². The van der Waals surface area contributed by atoms with Crippen LogP contribution in [0.5, 0.6) is 5.75 Å². The lowest BCUT2D eigenvalue weighted by Crippen LogP contribution is -2.30. The average Bonchev–Trinajstić information content (AvgIpc) is 2.49. The zero-order valence-electron chi connectivity index (χ0n) is 13.3. The standard InChI is InChI=1S/C17H26N2O2/c1-4-12-7-5-6-8-15(12)21-16-11-13(9-10-14(16)18)17(20)19(2)3/h9-12,15H,4-8,18H2,1-3H3. The van der Waals surface area contributed by atoms with Crippen molar-refractivity contribution >= 4 is 11.6 Å². The van der Waals surface area contributed by atoms with Crippen LogP contribution < -0.4 is 10.5 Å². The van der Waals surface area contributed by atoms with Crippen molar-refractivity contribution in [2.75, 3.05) is 19.8 Å². The molecule has 0 aliphatic heterocycles. The molecule has 0 bridgehead atoms. The third kappa shape index (κ3) is 3.69. The van der Waals surface area contributed by atoms with Crippen molar-refractivity contribution in [3.05, 3.63) is 23.8 Å². The van der Waals surface area contributed by atoms with Gasteiger partial charge < -0.3 is 15.4 Å². The van der Waals surface area contributed by atoms with Crippen LogP contribution in [0.15, 0.2) is 18.2 Å². The molecule has 2 atom stereocenters. The molecule has 1 fully saturated rings. The van der Waals surface area contributed by atoms with E-state index in [1.54, 1.807) is 37.2 Å². The van der Waals surface area contributed by atoms with Crippen LogP contribution >= 0.6 is 0 Å². The Kier molecular flexibility index (Phi) is 5.10. The first kappa shape index (κ1) is 15.7. The number of nitrogens with zero attached hydrogens (tertiary/aromatic N) is 1. The molecule has 1 amide bonds. The fourth-order valence-corrected chi connectivity index (χ4v) is 2.99. The summed E-state index contributed by atoms with van der Waals surface area (Å²) < 4.78 is 6.16. The van der Waals surface area contributed by atoms with Gasteiger partial charge in [-0.2, -0.15) is 0 Å². The van der Waals surface area contributed by atoms with Crippen LogP contribution in [-0.4, -0.2) is 31.0 Å². The van der Waals surface area contributed by atoms with Crippen molar-refractivity contribution in [3.63, 3.8) is 0 Å². The lowest BCUT2D eigenvalue weighted by molar-refractivity contribution is 0.0820. The van der Waals surface area contributed by atoms with Crippen LogP contribution in [0, 0.1) is 5.92 Å². The highest BCUT2D eigenvalue weighted by molar-refractivity contribution is 5.94. The van der Waals surface area contributed by atoms with Gasteiger partial charge in [0.15, 0.2) is 0 Å². The van der Waals surface area contributed by atoms with Crippen LogP contribution in [0.2, 0.25) is 0 Å². The zero-order chi connectivity index (χ0) is 15.4. The highest BCUT2D eigenvalue weighted by Gasteiger charge is 2.26. The summed E-state index contributed by atoms with van der Waals surface area (Å²) in [5, 5.41) is 0. The molecule has 0 aromatic heterocycles. The number of hydrogen-bond acceptors (Lipinski definition) is 3. The van der Waals surface area contributed by atoms with Gasteiger partial charge in [-0.05, 0) is 49.8 Å². The number of carbonyl (C=O) groups is 1. The van der Waals surface area contributed by atoms with Gasteiger partial charge in [-0.1, -0.05) is 13.3 Å². The normalized spacial score (nSPS) is 21.9. The Bertz CT molecular complexity index is 500. The molecule has 1 aromatic carbocycles. The van der Waals surface area contributed by atoms with Crippen LogP contribution in [0.25, 0.3) is 0 Å². The molecule has 0 radical (unpaired) electrons. The van der Waals surface area contributed by atoms with Crippen LogP contribution in [-0.2, 0) is 0 Å². The minimum atomic E-state index is -0.0319. The number of hydrogen-bond donors (Lipinski definition) is 1. The molecule has 116 valence electrons. The Morgan fingerprint density at radius 3 is 2.71 bits per heavy atom. The Morgan fingerprint density at radius 1 is 1.33 bits per heavy atom. The number of amides is 1. The predicted molar refractivity (Wildman–Crippen MR) is 85.5 cm³/mol. The number of rotatable bonds is 4. The Hall–Kier alpha value is -1.71. The number of benzene rings is 1. The highest BCUT2D eigenvalue weighted by atomic mass is 16.5. The van der Waals surface area contributed by atoms with E-state index in [4.69, 9.17) is 10.5 Å². The van der Waals surface area contributed by atoms with Gasteiger partial charge in [-0.3, -0.25) is 4.79 Å². The molecule has 1 aromatic rings. The molecule has 1 aliphatic carbocycles. The highest BCUT2D eigenvalue weighted by Crippen LogP contribution is 2.33. The van der Waals surface area contributed by atoms with E-state index in [0.717, 1.165) is 12.8 Å². The fourth-order valence-electron chi connectivity index (χ4n) is 2.99. The van der Waals surface area contributed by atoms with E-state index in [-0.39, 0.29) is 12.0 Å². The number of nitrogens with two attached hydrogens (primary N) is 1. The molecule has 2 N–H and O–H groups in total. The van der Waals surface area contributed by atoms with Crippen LogP contribution in [0.1, 0.15) is 49.4 Å². The quantitative estimate of drug-likeness (QED) is 0.865. The molecular formula is C17H26N2O2. The van der Waals surface area contributed by atoms with Gasteiger partial charge in [0.1, 0.15) is 11.9 Å². The van der Waals surface area contributed by atoms with Crippen molar-refractivity contribution < 1.29 is 9.53 Å². The summed E-state index contributed by atoms with van der Waals surface area (Å²) in [5.74, 6) is 1.20. The third-order valence-corrected chi connectivity index (χ3v) is 4.31. The maximum absolute atomic E-state index is 12.1. The van der Waals surface area contributed by atoms with Crippen molar-refractivity contribution in [1.29, 1.82) is 0 Å². The lowest BCUT2D eigenvalue weighted by Gasteiger charge is -2.31. The first-order chi connectivity index (χ1) is 10.0. The van der Waals surface area contributed by atoms with E-state index >= 15 is 0 Å². The predicted octanol–water partition coefficient (Wildman–Crippen LogP) is 3.32. The van der Waals surface area contributed by atoms with Crippen LogP contribution in [0.3, 0.4) is 0 Å². The van der Waals surface area contributed by atoms with Gasteiger partial charge in [0.2, 0.25) is 0 Å². The molecule has 4 heteroatoms. The maximum Gasteiger partial charge on any atom is 0.253 e. The van der Waals surface area contributed by atoms with E-state index in [1.165, 1.54) is 19.3 Å². The summed E-state index contributed by atoms with van der Waals surface area (Å²) in [5.41, 5.74) is 7.24. The van der Waals surface area contributed by atoms with Gasteiger partial charge >= 0.3 is 0 Å². The molecule has 0 heterocycles. The molecule has 0 saturated heterocycles. The monoisotopic (exact) mass is 290 g/mol. The number of anilines is 1. The fraction of sp³-hybridized carbons (Fsp3) is 0.588. The van der Waals surface area contributed by atoms with E-state index < -0.39 is 0 Å². The summed E-state index contributed by atoms with van der Waals surface area (Å²) in [4.78, 5) is 13.6. The lowest BCUT2D eigenvalue weighted by atomic mass is 9.85. The number of nitrogen functional groups attached to an aromatic ring is 1. The van der Waals surface area contributed by atoms with Gasteiger partial charge in [-0.15, -0.1) is 0 Å². The van der Waals surface area contributed by atoms with Gasteiger partial charge in [0, 0.05) is 19.7 Å². The second-order valence-corrected chi connectivity index (χ2v) is 6.06. The summed E-state index contributed by atoms with van der Waals surface area (Å²) in [6.45, 7) is 2.21. The molecule has 0 spiro atoms. The Morgan fingerprint density at radius 2 is 2.05 bits per heavy atom. The van der Waals surface area contributed by atoms with Crippen molar-refractivity contribution in [1.82, 2.24) is 4.90 Å². The van der Waals surface area contributed by atoms with Gasteiger partial charge in [0.25, 0.3) is 5.91 Å². The Labute approximate surface area is 127 Å². The maximum atomic E-state index is 12.1. The van der Waals surface area contributed by atoms with Crippen molar-refractivity contribution in [2.24, 2.45) is 5.92 Å². The third-order valence-electron chi connectivity index (χ3n) is 4.31. The second kappa shape index (κ2) is 6.83. The summed E-state index contributed by atoms with van der Waals surface area (Å²) in [7, 11) is 3.49.